The van der Waals surface area contributed by atoms with Gasteiger partial charge in [0.2, 0.25) is 0 Å². The number of hydrogen-bond donors (Lipinski definition) is 0. The molecule has 6 nitrogen and oxygen atoms in total. The van der Waals surface area contributed by atoms with Gasteiger partial charge in [-0.3, -0.25) is 0 Å². The van der Waals surface area contributed by atoms with E-state index in [0.717, 1.165) is 25.3 Å². The third-order valence-electron chi connectivity index (χ3n) is 4.31. The standard InChI is InChI=1S/C11H24O3Si.C3H10O3Si.C2H4/c1-5-8-11(12-2)9-6-7-10-15(11,13-3)14-4;1-4-7(5-2)6-3;1-2/h5-10H2,1-4H3;7H,1-3H3;1-2H2. The summed E-state index contributed by atoms with van der Waals surface area (Å²) in [5.74, 6) is 0. The van der Waals surface area contributed by atoms with E-state index in [1.807, 2.05) is 0 Å². The first kappa shape index (κ1) is 26.2. The average Bonchev–Trinajstić information content (AvgIpc) is 2.66. The van der Waals surface area contributed by atoms with Crippen molar-refractivity contribution in [1.29, 1.82) is 0 Å². The second-order valence-electron chi connectivity index (χ2n) is 5.31. The number of methoxy groups -OCH3 is 1. The predicted octanol–water partition coefficient (Wildman–Crippen LogP) is 3.07. The first-order valence-corrected chi connectivity index (χ1v) is 11.7. The van der Waals surface area contributed by atoms with Gasteiger partial charge in [0.05, 0.1) is 0 Å². The topological polar surface area (TPSA) is 55.4 Å². The molecule has 8 heteroatoms. The minimum Gasteiger partial charge on any atom is -0.396 e. The Morgan fingerprint density at radius 1 is 0.917 bits per heavy atom. The number of rotatable bonds is 8. The second-order valence-corrected chi connectivity index (χ2v) is 11.0. The van der Waals surface area contributed by atoms with Crippen LogP contribution in [-0.4, -0.2) is 66.0 Å². The van der Waals surface area contributed by atoms with Crippen molar-refractivity contribution in [1.82, 2.24) is 0 Å². The Balaban J connectivity index is 0. The molecule has 0 spiro atoms. The fourth-order valence-electron chi connectivity index (χ4n) is 3.21. The van der Waals surface area contributed by atoms with E-state index in [9.17, 15) is 0 Å². The van der Waals surface area contributed by atoms with Crippen LogP contribution in [0.4, 0.5) is 0 Å². The Labute approximate surface area is 151 Å². The van der Waals surface area contributed by atoms with Crippen LogP contribution in [0.3, 0.4) is 0 Å². The maximum atomic E-state index is 5.83. The summed E-state index contributed by atoms with van der Waals surface area (Å²) in [7, 11) is 6.27. The van der Waals surface area contributed by atoms with E-state index < -0.39 is 18.1 Å². The highest BCUT2D eigenvalue weighted by molar-refractivity contribution is 6.70. The van der Waals surface area contributed by atoms with Crippen molar-refractivity contribution in [2.45, 2.75) is 50.3 Å². The first-order valence-electron chi connectivity index (χ1n) is 8.29. The molecule has 0 saturated carbocycles. The Kier molecular flexibility index (Phi) is 16.6. The van der Waals surface area contributed by atoms with Crippen LogP contribution >= 0.6 is 0 Å². The van der Waals surface area contributed by atoms with Gasteiger partial charge in [0, 0.05) is 42.7 Å². The Hall–Kier alpha value is -0.0662. The van der Waals surface area contributed by atoms with Gasteiger partial charge in [-0.25, -0.2) is 0 Å². The largest absolute Gasteiger partial charge is 0.483 e. The highest BCUT2D eigenvalue weighted by Gasteiger charge is 2.58. The molecule has 1 unspecified atom stereocenters. The summed E-state index contributed by atoms with van der Waals surface area (Å²) in [4.78, 5) is 0. The van der Waals surface area contributed by atoms with E-state index in [0.29, 0.717) is 0 Å². The molecule has 0 N–H and O–H groups in total. The molecule has 1 saturated heterocycles. The van der Waals surface area contributed by atoms with E-state index in [1.165, 1.54) is 12.8 Å². The molecule has 24 heavy (non-hydrogen) atoms. The zero-order chi connectivity index (χ0) is 19.1. The zero-order valence-electron chi connectivity index (χ0n) is 16.7. The summed E-state index contributed by atoms with van der Waals surface area (Å²) in [6, 6.07) is 1.06. The second kappa shape index (κ2) is 15.2. The van der Waals surface area contributed by atoms with Crippen molar-refractivity contribution in [3.63, 3.8) is 0 Å². The van der Waals surface area contributed by atoms with Crippen molar-refractivity contribution < 1.29 is 26.9 Å². The highest BCUT2D eigenvalue weighted by Crippen LogP contribution is 2.42. The lowest BCUT2D eigenvalue weighted by molar-refractivity contribution is -0.0149. The van der Waals surface area contributed by atoms with Gasteiger partial charge in [-0.1, -0.05) is 26.2 Å². The quantitative estimate of drug-likeness (QED) is 0.475. The molecule has 0 radical (unpaired) electrons. The van der Waals surface area contributed by atoms with E-state index in [2.05, 4.69) is 20.1 Å². The molecule has 1 aliphatic heterocycles. The summed E-state index contributed by atoms with van der Waals surface area (Å²) in [5.41, 5.74) is 0. The third kappa shape index (κ3) is 7.05. The van der Waals surface area contributed by atoms with Crippen LogP contribution in [0, 0.1) is 0 Å². The van der Waals surface area contributed by atoms with Gasteiger partial charge in [0.25, 0.3) is 0 Å². The minimum absolute atomic E-state index is 0.122. The van der Waals surface area contributed by atoms with E-state index in [4.69, 9.17) is 26.9 Å². The van der Waals surface area contributed by atoms with Gasteiger partial charge in [-0.2, -0.15) is 0 Å². The van der Waals surface area contributed by atoms with E-state index in [-0.39, 0.29) is 5.22 Å². The highest BCUT2D eigenvalue weighted by atomic mass is 28.4. The van der Waals surface area contributed by atoms with Crippen LogP contribution in [0.2, 0.25) is 6.04 Å². The molecule has 1 atom stereocenters. The summed E-state index contributed by atoms with van der Waals surface area (Å²) in [5, 5.41) is -0.122. The van der Waals surface area contributed by atoms with Gasteiger partial charge in [-0.15, -0.1) is 13.2 Å². The molecular weight excluding hydrogens is 344 g/mol. The van der Waals surface area contributed by atoms with Crippen LogP contribution in [0.1, 0.15) is 39.0 Å². The maximum Gasteiger partial charge on any atom is 0.483 e. The zero-order valence-corrected chi connectivity index (χ0v) is 18.8. The van der Waals surface area contributed by atoms with Crippen LogP contribution in [0.25, 0.3) is 0 Å². The molecule has 1 fully saturated rings. The van der Waals surface area contributed by atoms with Crippen LogP contribution in [0.5, 0.6) is 0 Å². The molecule has 1 rings (SSSR count). The molecule has 0 amide bonds. The monoisotopic (exact) mass is 382 g/mol. The molecule has 146 valence electrons. The molecule has 1 heterocycles. The Morgan fingerprint density at radius 2 is 1.42 bits per heavy atom. The fourth-order valence-corrected chi connectivity index (χ4v) is 7.78. The van der Waals surface area contributed by atoms with Gasteiger partial charge >= 0.3 is 18.1 Å². The van der Waals surface area contributed by atoms with Gasteiger partial charge < -0.3 is 26.9 Å². The van der Waals surface area contributed by atoms with Crippen LogP contribution in [-0.2, 0) is 26.9 Å². The van der Waals surface area contributed by atoms with E-state index >= 15 is 0 Å². The normalized spacial score (nSPS) is 22.2. The predicted molar refractivity (Wildman–Crippen MR) is 103 cm³/mol. The lowest BCUT2D eigenvalue weighted by Crippen LogP contribution is -2.64. The summed E-state index contributed by atoms with van der Waals surface area (Å²) in [6.45, 7) is 8.19. The van der Waals surface area contributed by atoms with Crippen molar-refractivity contribution in [3.8, 4) is 0 Å². The SMILES string of the molecule is C=C.CCCC1(OC)CCCC[Si]1(OC)OC.CO[SiH](OC)OC. The first-order chi connectivity index (χ1) is 11.5. The fraction of sp³-hybridized carbons (Fsp3) is 0.875. The van der Waals surface area contributed by atoms with Gasteiger partial charge in [0.15, 0.2) is 0 Å². The molecular formula is C16H38O6Si2. The maximum absolute atomic E-state index is 5.83. The molecule has 0 aromatic heterocycles. The van der Waals surface area contributed by atoms with Crippen LogP contribution in [0.15, 0.2) is 13.2 Å². The summed E-state index contributed by atoms with van der Waals surface area (Å²) < 4.78 is 31.6. The smallest absolute Gasteiger partial charge is 0.396 e. The minimum atomic E-state index is -2.15. The lowest BCUT2D eigenvalue weighted by atomic mass is 10.1. The summed E-state index contributed by atoms with van der Waals surface area (Å²) >= 11 is 0. The van der Waals surface area contributed by atoms with Crippen molar-refractivity contribution in [2.75, 3.05) is 42.7 Å². The lowest BCUT2D eigenvalue weighted by Gasteiger charge is -2.47. The number of hydrogen-bond acceptors (Lipinski definition) is 6. The number of ether oxygens (including phenoxy) is 1. The van der Waals surface area contributed by atoms with Crippen molar-refractivity contribution >= 4 is 18.1 Å². The van der Waals surface area contributed by atoms with Crippen molar-refractivity contribution in [3.05, 3.63) is 13.2 Å². The molecule has 0 bridgehead atoms. The van der Waals surface area contributed by atoms with Crippen molar-refractivity contribution in [2.24, 2.45) is 0 Å². The molecule has 1 aliphatic rings. The van der Waals surface area contributed by atoms with E-state index in [1.54, 1.807) is 42.7 Å². The Morgan fingerprint density at radius 3 is 1.71 bits per heavy atom. The molecule has 0 aliphatic carbocycles. The molecule has 0 aromatic rings. The Bertz CT molecular complexity index is 278. The molecule has 0 aromatic carbocycles. The summed E-state index contributed by atoms with van der Waals surface area (Å²) in [6.07, 6.45) is 5.70. The van der Waals surface area contributed by atoms with Gasteiger partial charge in [0.1, 0.15) is 5.22 Å². The third-order valence-corrected chi connectivity index (χ3v) is 9.89. The van der Waals surface area contributed by atoms with Gasteiger partial charge in [-0.05, 0) is 18.9 Å². The van der Waals surface area contributed by atoms with Crippen LogP contribution < -0.4 is 0 Å². The average molecular weight is 383 g/mol.